The van der Waals surface area contributed by atoms with Gasteiger partial charge in [-0.05, 0) is 37.1 Å². The van der Waals surface area contributed by atoms with Crippen molar-refractivity contribution in [2.45, 2.75) is 49.3 Å². The van der Waals surface area contributed by atoms with Gasteiger partial charge in [-0.15, -0.1) is 11.8 Å². The first-order valence-corrected chi connectivity index (χ1v) is 7.52. The molecule has 1 aromatic rings. The fraction of sp³-hybridized carbons (Fsp3) is 0.600. The van der Waals surface area contributed by atoms with Crippen LogP contribution in [0.25, 0.3) is 0 Å². The number of anilines is 1. The Morgan fingerprint density at radius 3 is 2.67 bits per heavy atom. The van der Waals surface area contributed by atoms with E-state index in [9.17, 15) is 0 Å². The van der Waals surface area contributed by atoms with E-state index >= 15 is 0 Å². The van der Waals surface area contributed by atoms with Crippen molar-refractivity contribution >= 4 is 17.4 Å². The second-order valence-corrected chi connectivity index (χ2v) is 7.39. The summed E-state index contributed by atoms with van der Waals surface area (Å²) < 4.78 is 0. The van der Waals surface area contributed by atoms with Gasteiger partial charge in [0.1, 0.15) is 0 Å². The average Bonchev–Trinajstić information content (AvgIpc) is 2.28. The van der Waals surface area contributed by atoms with Gasteiger partial charge in [-0.2, -0.15) is 0 Å². The number of hydrogen-bond donors (Lipinski definition) is 2. The lowest BCUT2D eigenvalue weighted by Gasteiger charge is -2.33. The molecule has 0 aliphatic carbocycles. The smallest absolute Gasteiger partial charge is 0.0481 e. The summed E-state index contributed by atoms with van der Waals surface area (Å²) in [5.41, 5.74) is 2.91. The van der Waals surface area contributed by atoms with Crippen LogP contribution >= 0.6 is 11.8 Å². The number of benzene rings is 1. The van der Waals surface area contributed by atoms with Gasteiger partial charge in [0.25, 0.3) is 0 Å². The summed E-state index contributed by atoms with van der Waals surface area (Å²) in [6, 6.07) is 7.34. The maximum Gasteiger partial charge on any atom is 0.0481 e. The van der Waals surface area contributed by atoms with Crippen LogP contribution in [0.5, 0.6) is 0 Å². The summed E-state index contributed by atoms with van der Waals surface area (Å²) in [5, 5.41) is 7.49. The first-order chi connectivity index (χ1) is 8.41. The van der Waals surface area contributed by atoms with Crippen LogP contribution < -0.4 is 10.6 Å². The molecule has 0 aromatic heterocycles. The lowest BCUT2D eigenvalue weighted by atomic mass is 9.87. The zero-order valence-corrected chi connectivity index (χ0v) is 12.8. The number of nitrogens with one attached hydrogen (secondary N) is 2. The van der Waals surface area contributed by atoms with E-state index in [1.54, 1.807) is 0 Å². The van der Waals surface area contributed by atoms with Gasteiger partial charge in [0.2, 0.25) is 0 Å². The Morgan fingerprint density at radius 2 is 2.06 bits per heavy atom. The Bertz CT molecular complexity index is 423. The van der Waals surface area contributed by atoms with Crippen LogP contribution in [-0.4, -0.2) is 24.9 Å². The molecule has 2 rings (SSSR count). The van der Waals surface area contributed by atoms with Gasteiger partial charge in [0.05, 0.1) is 0 Å². The van der Waals surface area contributed by atoms with E-state index in [-0.39, 0.29) is 5.41 Å². The zero-order valence-electron chi connectivity index (χ0n) is 12.0. The predicted octanol–water partition coefficient (Wildman–Crippen LogP) is 3.48. The molecule has 2 unspecified atom stereocenters. The largest absolute Gasteiger partial charge is 0.381 e. The lowest BCUT2D eigenvalue weighted by Crippen LogP contribution is -2.38. The molecule has 0 radical (unpaired) electrons. The molecule has 0 bridgehead atoms. The van der Waals surface area contributed by atoms with E-state index in [4.69, 9.17) is 0 Å². The molecule has 0 spiro atoms. The summed E-state index contributed by atoms with van der Waals surface area (Å²) in [4.78, 5) is 1.39. The van der Waals surface area contributed by atoms with Crippen molar-refractivity contribution in [2.24, 2.45) is 0 Å². The molecule has 1 aliphatic rings. The van der Waals surface area contributed by atoms with Gasteiger partial charge in [0, 0.05) is 28.4 Å². The molecule has 3 heteroatoms. The Labute approximate surface area is 115 Å². The normalized spacial score (nSPS) is 23.4. The number of rotatable bonds is 2. The van der Waals surface area contributed by atoms with E-state index < -0.39 is 0 Å². The molecule has 2 nitrogen and oxygen atoms in total. The number of hydrogen-bond acceptors (Lipinski definition) is 3. The molecule has 1 aromatic carbocycles. The second kappa shape index (κ2) is 5.14. The minimum atomic E-state index is 0.219. The van der Waals surface area contributed by atoms with E-state index in [2.05, 4.69) is 56.5 Å². The SMILES string of the molecule is CNCC1Sc2cc(C(C)(C)C)ccc2NC1C. The molecule has 100 valence electrons. The molecule has 0 saturated heterocycles. The average molecular weight is 264 g/mol. The first kappa shape index (κ1) is 13.8. The molecule has 1 aliphatic heterocycles. The Balaban J connectivity index is 2.28. The van der Waals surface area contributed by atoms with E-state index in [1.807, 2.05) is 18.8 Å². The molecule has 1 heterocycles. The van der Waals surface area contributed by atoms with Gasteiger partial charge in [-0.25, -0.2) is 0 Å². The van der Waals surface area contributed by atoms with Gasteiger partial charge in [-0.3, -0.25) is 0 Å². The molecule has 0 amide bonds. The topological polar surface area (TPSA) is 24.1 Å². The summed E-state index contributed by atoms with van der Waals surface area (Å²) in [5.74, 6) is 0. The zero-order chi connectivity index (χ0) is 13.3. The van der Waals surface area contributed by atoms with Crippen molar-refractivity contribution in [1.29, 1.82) is 0 Å². The molecule has 18 heavy (non-hydrogen) atoms. The Hall–Kier alpha value is -0.670. The van der Waals surface area contributed by atoms with Crippen LogP contribution in [0.3, 0.4) is 0 Å². The highest BCUT2D eigenvalue weighted by atomic mass is 32.2. The highest BCUT2D eigenvalue weighted by Crippen LogP contribution is 2.39. The van der Waals surface area contributed by atoms with Gasteiger partial charge >= 0.3 is 0 Å². The van der Waals surface area contributed by atoms with Crippen molar-refractivity contribution in [2.75, 3.05) is 18.9 Å². The Kier molecular flexibility index (Phi) is 3.93. The molecule has 0 saturated carbocycles. The van der Waals surface area contributed by atoms with Gasteiger partial charge < -0.3 is 10.6 Å². The van der Waals surface area contributed by atoms with Crippen LogP contribution in [0.1, 0.15) is 33.3 Å². The van der Waals surface area contributed by atoms with Crippen LogP contribution in [-0.2, 0) is 5.41 Å². The lowest BCUT2D eigenvalue weighted by molar-refractivity contribution is 0.588. The Morgan fingerprint density at radius 1 is 1.33 bits per heavy atom. The quantitative estimate of drug-likeness (QED) is 0.855. The third kappa shape index (κ3) is 2.83. The summed E-state index contributed by atoms with van der Waals surface area (Å²) in [7, 11) is 2.02. The van der Waals surface area contributed by atoms with E-state index in [0.717, 1.165) is 6.54 Å². The van der Waals surface area contributed by atoms with Crippen molar-refractivity contribution < 1.29 is 0 Å². The molecule has 0 fully saturated rings. The highest BCUT2D eigenvalue weighted by Gasteiger charge is 2.26. The highest BCUT2D eigenvalue weighted by molar-refractivity contribution is 8.00. The van der Waals surface area contributed by atoms with Crippen LogP contribution in [0.15, 0.2) is 23.1 Å². The molecule has 2 atom stereocenters. The maximum atomic E-state index is 3.61. The monoisotopic (exact) mass is 264 g/mol. The van der Waals surface area contributed by atoms with Gasteiger partial charge in [-0.1, -0.05) is 26.8 Å². The standard InChI is InChI=1S/C15H24N2S/c1-10-14(9-16-5)18-13-8-11(15(2,3)4)6-7-12(13)17-10/h6-8,10,14,16-17H,9H2,1-5H3. The summed E-state index contributed by atoms with van der Waals surface area (Å²) in [6.45, 7) is 10.1. The number of thioether (sulfide) groups is 1. The maximum absolute atomic E-state index is 3.61. The molecular formula is C15H24N2S. The third-order valence-corrected chi connectivity index (χ3v) is 4.94. The minimum absolute atomic E-state index is 0.219. The fourth-order valence-electron chi connectivity index (χ4n) is 2.23. The predicted molar refractivity (Wildman–Crippen MR) is 81.8 cm³/mol. The third-order valence-electron chi connectivity index (χ3n) is 3.47. The van der Waals surface area contributed by atoms with Crippen molar-refractivity contribution in [3.63, 3.8) is 0 Å². The van der Waals surface area contributed by atoms with Crippen LogP contribution in [0, 0.1) is 0 Å². The van der Waals surface area contributed by atoms with E-state index in [0.29, 0.717) is 11.3 Å². The van der Waals surface area contributed by atoms with Crippen LogP contribution in [0.2, 0.25) is 0 Å². The fourth-order valence-corrected chi connectivity index (χ4v) is 3.53. The van der Waals surface area contributed by atoms with Crippen LogP contribution in [0.4, 0.5) is 5.69 Å². The summed E-state index contributed by atoms with van der Waals surface area (Å²) >= 11 is 1.99. The molecule has 2 N–H and O–H groups in total. The van der Waals surface area contributed by atoms with Crippen molar-refractivity contribution in [3.05, 3.63) is 23.8 Å². The van der Waals surface area contributed by atoms with Crippen molar-refractivity contribution in [1.82, 2.24) is 5.32 Å². The number of fused-ring (bicyclic) bond motifs is 1. The second-order valence-electron chi connectivity index (χ2n) is 6.11. The van der Waals surface area contributed by atoms with Crippen molar-refractivity contribution in [3.8, 4) is 0 Å². The van der Waals surface area contributed by atoms with Gasteiger partial charge in [0.15, 0.2) is 0 Å². The molecular weight excluding hydrogens is 240 g/mol. The minimum Gasteiger partial charge on any atom is -0.381 e. The first-order valence-electron chi connectivity index (χ1n) is 6.64. The summed E-state index contributed by atoms with van der Waals surface area (Å²) in [6.07, 6.45) is 0. The van der Waals surface area contributed by atoms with E-state index in [1.165, 1.54) is 16.1 Å².